The van der Waals surface area contributed by atoms with E-state index in [2.05, 4.69) is 52.8 Å². The fourth-order valence-corrected chi connectivity index (χ4v) is 5.44. The highest BCUT2D eigenvalue weighted by Gasteiger charge is 2.28. The molecule has 0 atom stereocenters. The van der Waals surface area contributed by atoms with Crippen LogP contribution in [0.2, 0.25) is 0 Å². The number of sulfonamides is 1. The van der Waals surface area contributed by atoms with Crippen LogP contribution in [0.5, 0.6) is 0 Å². The van der Waals surface area contributed by atoms with E-state index in [0.29, 0.717) is 12.5 Å². The average molecular weight is 416 g/mol. The lowest BCUT2D eigenvalue weighted by atomic mass is 9.82. The predicted octanol–water partition coefficient (Wildman–Crippen LogP) is 3.81. The predicted molar refractivity (Wildman–Crippen MR) is 113 cm³/mol. The van der Waals surface area contributed by atoms with E-state index in [4.69, 9.17) is 0 Å². The van der Waals surface area contributed by atoms with Gasteiger partial charge in [-0.05, 0) is 54.7 Å². The summed E-state index contributed by atoms with van der Waals surface area (Å²) in [5, 5.41) is 5.39. The minimum absolute atomic E-state index is 0.0365. The standard InChI is InChI=1S/C21H29N5O2S/c1-21(2,3)14-26-13-17(11-24-26)29(27,28)25-16-8-6-15(7-9-16)19-12-23-20-18(19)5-4-10-22-20/h4-5,10-13,15-16,25H,6-9,14H2,1-3H3,(H,22,23). The Morgan fingerprint density at radius 1 is 1.24 bits per heavy atom. The van der Waals surface area contributed by atoms with Crippen molar-refractivity contribution in [2.45, 2.75) is 69.9 Å². The molecule has 4 rings (SSSR count). The topological polar surface area (TPSA) is 92.7 Å². The van der Waals surface area contributed by atoms with Crippen molar-refractivity contribution in [3.8, 4) is 0 Å². The summed E-state index contributed by atoms with van der Waals surface area (Å²) in [5.41, 5.74) is 2.24. The van der Waals surface area contributed by atoms with Crippen molar-refractivity contribution >= 4 is 21.1 Å². The van der Waals surface area contributed by atoms with Crippen LogP contribution in [0.15, 0.2) is 41.8 Å². The van der Waals surface area contributed by atoms with E-state index >= 15 is 0 Å². The van der Waals surface area contributed by atoms with Gasteiger partial charge in [-0.25, -0.2) is 18.1 Å². The zero-order valence-electron chi connectivity index (χ0n) is 17.2. The first-order valence-electron chi connectivity index (χ1n) is 10.2. The van der Waals surface area contributed by atoms with Crippen molar-refractivity contribution in [2.24, 2.45) is 5.41 Å². The maximum Gasteiger partial charge on any atom is 0.243 e. The molecule has 0 bridgehead atoms. The summed E-state index contributed by atoms with van der Waals surface area (Å²) in [6, 6.07) is 4.02. The third-order valence-electron chi connectivity index (χ3n) is 5.53. The molecule has 1 aliphatic carbocycles. The highest BCUT2D eigenvalue weighted by Crippen LogP contribution is 2.36. The van der Waals surface area contributed by atoms with Gasteiger partial charge in [0.15, 0.2) is 0 Å². The maximum absolute atomic E-state index is 12.8. The van der Waals surface area contributed by atoms with Crippen LogP contribution < -0.4 is 4.72 Å². The Kier molecular flexibility index (Phi) is 5.25. The Morgan fingerprint density at radius 3 is 2.72 bits per heavy atom. The first kappa shape index (κ1) is 20.1. The lowest BCUT2D eigenvalue weighted by Gasteiger charge is -2.28. The normalized spacial score (nSPS) is 20.9. The molecule has 2 N–H and O–H groups in total. The second-order valence-corrected chi connectivity index (χ2v) is 11.0. The van der Waals surface area contributed by atoms with E-state index in [9.17, 15) is 8.42 Å². The molecule has 3 aromatic rings. The number of nitrogens with zero attached hydrogens (tertiary/aromatic N) is 3. The minimum atomic E-state index is -3.55. The van der Waals surface area contributed by atoms with Crippen LogP contribution in [0.3, 0.4) is 0 Å². The van der Waals surface area contributed by atoms with Crippen molar-refractivity contribution in [3.05, 3.63) is 42.5 Å². The largest absolute Gasteiger partial charge is 0.346 e. The number of hydrogen-bond acceptors (Lipinski definition) is 4. The minimum Gasteiger partial charge on any atom is -0.346 e. The molecule has 29 heavy (non-hydrogen) atoms. The zero-order valence-corrected chi connectivity index (χ0v) is 18.0. The van der Waals surface area contributed by atoms with Gasteiger partial charge >= 0.3 is 0 Å². The molecule has 0 spiro atoms. The van der Waals surface area contributed by atoms with Gasteiger partial charge in [-0.2, -0.15) is 5.10 Å². The van der Waals surface area contributed by atoms with Crippen LogP contribution >= 0.6 is 0 Å². The Morgan fingerprint density at radius 2 is 2.00 bits per heavy atom. The molecule has 156 valence electrons. The molecule has 0 amide bonds. The van der Waals surface area contributed by atoms with Crippen LogP contribution in [0, 0.1) is 5.41 Å². The molecule has 8 heteroatoms. The van der Waals surface area contributed by atoms with Crippen molar-refractivity contribution in [2.75, 3.05) is 0 Å². The lowest BCUT2D eigenvalue weighted by molar-refractivity contribution is 0.325. The summed E-state index contributed by atoms with van der Waals surface area (Å²) in [6.07, 6.45) is 10.5. The molecule has 1 fully saturated rings. The molecule has 0 aliphatic heterocycles. The molecule has 3 aromatic heterocycles. The Balaban J connectivity index is 1.39. The summed E-state index contributed by atoms with van der Waals surface area (Å²) >= 11 is 0. The van der Waals surface area contributed by atoms with Gasteiger partial charge in [-0.1, -0.05) is 20.8 Å². The summed E-state index contributed by atoms with van der Waals surface area (Å²) in [4.78, 5) is 7.85. The molecule has 1 aliphatic rings. The maximum atomic E-state index is 12.8. The molecule has 3 heterocycles. The number of nitrogens with one attached hydrogen (secondary N) is 2. The summed E-state index contributed by atoms with van der Waals surface area (Å²) in [7, 11) is -3.55. The van der Waals surface area contributed by atoms with E-state index in [0.717, 1.165) is 31.3 Å². The van der Waals surface area contributed by atoms with Gasteiger partial charge in [-0.15, -0.1) is 0 Å². The Labute approximate surface area is 172 Å². The lowest BCUT2D eigenvalue weighted by Crippen LogP contribution is -2.37. The fraction of sp³-hybridized carbons (Fsp3) is 0.524. The second kappa shape index (κ2) is 7.57. The molecular formula is C21H29N5O2S. The van der Waals surface area contributed by atoms with Crippen LogP contribution in [0.25, 0.3) is 11.0 Å². The number of rotatable bonds is 5. The van der Waals surface area contributed by atoms with Crippen LogP contribution in [-0.4, -0.2) is 34.2 Å². The van der Waals surface area contributed by atoms with Gasteiger partial charge in [0.05, 0.1) is 6.20 Å². The fourth-order valence-electron chi connectivity index (χ4n) is 4.18. The number of aromatic nitrogens is 4. The van der Waals surface area contributed by atoms with E-state index in [1.807, 2.05) is 6.07 Å². The Bertz CT molecular complexity index is 1090. The van der Waals surface area contributed by atoms with Gasteiger partial charge in [0, 0.05) is 36.6 Å². The number of fused-ring (bicyclic) bond motifs is 1. The van der Waals surface area contributed by atoms with E-state index in [1.54, 1.807) is 17.1 Å². The molecule has 0 saturated heterocycles. The van der Waals surface area contributed by atoms with Crippen molar-refractivity contribution in [1.29, 1.82) is 0 Å². The molecule has 1 saturated carbocycles. The third kappa shape index (κ3) is 4.53. The zero-order chi connectivity index (χ0) is 20.6. The molecule has 0 aromatic carbocycles. The van der Waals surface area contributed by atoms with Crippen LogP contribution in [0.1, 0.15) is 57.9 Å². The number of H-pyrrole nitrogens is 1. The van der Waals surface area contributed by atoms with E-state index < -0.39 is 10.0 Å². The molecule has 7 nitrogen and oxygen atoms in total. The molecular weight excluding hydrogens is 386 g/mol. The molecule has 0 radical (unpaired) electrons. The third-order valence-corrected chi connectivity index (χ3v) is 7.00. The van der Waals surface area contributed by atoms with Crippen LogP contribution in [-0.2, 0) is 16.6 Å². The highest BCUT2D eigenvalue weighted by atomic mass is 32.2. The Hall–Kier alpha value is -2.19. The van der Waals surface area contributed by atoms with Gasteiger partial charge in [-0.3, -0.25) is 4.68 Å². The van der Waals surface area contributed by atoms with Gasteiger partial charge < -0.3 is 4.98 Å². The first-order chi connectivity index (χ1) is 13.7. The van der Waals surface area contributed by atoms with Crippen molar-refractivity contribution < 1.29 is 8.42 Å². The van der Waals surface area contributed by atoms with Gasteiger partial charge in [0.2, 0.25) is 10.0 Å². The second-order valence-electron chi connectivity index (χ2n) is 9.25. The summed E-state index contributed by atoms with van der Waals surface area (Å²) < 4.78 is 30.2. The number of hydrogen-bond donors (Lipinski definition) is 2. The summed E-state index contributed by atoms with van der Waals surface area (Å²) in [5.74, 6) is 0.434. The van der Waals surface area contributed by atoms with Crippen LogP contribution in [0.4, 0.5) is 0 Å². The van der Waals surface area contributed by atoms with Crippen molar-refractivity contribution in [3.63, 3.8) is 0 Å². The number of aromatic amines is 1. The van der Waals surface area contributed by atoms with Gasteiger partial charge in [0.1, 0.15) is 10.5 Å². The monoisotopic (exact) mass is 415 g/mol. The average Bonchev–Trinajstić information content (AvgIpc) is 3.28. The van der Waals surface area contributed by atoms with E-state index in [-0.39, 0.29) is 16.4 Å². The van der Waals surface area contributed by atoms with Crippen molar-refractivity contribution in [1.82, 2.24) is 24.5 Å². The first-order valence-corrected chi connectivity index (χ1v) is 11.7. The highest BCUT2D eigenvalue weighted by molar-refractivity contribution is 7.89. The molecule has 0 unspecified atom stereocenters. The van der Waals surface area contributed by atoms with Gasteiger partial charge in [0.25, 0.3) is 0 Å². The smallest absolute Gasteiger partial charge is 0.243 e. The van der Waals surface area contributed by atoms with E-state index in [1.165, 1.54) is 17.1 Å². The summed E-state index contributed by atoms with van der Waals surface area (Å²) in [6.45, 7) is 6.98. The SMILES string of the molecule is CC(C)(C)Cn1cc(S(=O)(=O)NC2CCC(c3c[nH]c4ncccc34)CC2)cn1. The number of pyridine rings is 1. The quantitative estimate of drug-likeness (QED) is 0.663.